The number of hydrogen-bond donors (Lipinski definition) is 2. The molecule has 1 saturated carbocycles. The Morgan fingerprint density at radius 3 is 2.52 bits per heavy atom. The Labute approximate surface area is 127 Å². The molecule has 2 N–H and O–H groups in total. The fourth-order valence-corrected chi connectivity index (χ4v) is 3.64. The smallest absolute Gasteiger partial charge is 0.310 e. The minimum absolute atomic E-state index is 0.0951. The summed E-state index contributed by atoms with van der Waals surface area (Å²) < 4.78 is 0. The first-order valence-corrected chi connectivity index (χ1v) is 8.17. The number of amides is 1. The van der Waals surface area contributed by atoms with Gasteiger partial charge in [0.2, 0.25) is 5.91 Å². The highest BCUT2D eigenvalue weighted by Crippen LogP contribution is 2.41. The normalized spacial score (nSPS) is 25.4. The number of hydrogen-bond acceptors (Lipinski definition) is 3. The van der Waals surface area contributed by atoms with Crippen LogP contribution in [0.25, 0.3) is 0 Å². The lowest BCUT2D eigenvalue weighted by molar-refractivity contribution is -0.151. The number of aliphatic carboxylic acids is 1. The van der Waals surface area contributed by atoms with Gasteiger partial charge in [-0.2, -0.15) is 0 Å². The Hall–Kier alpha value is -1.10. The highest BCUT2D eigenvalue weighted by atomic mass is 16.4. The largest absolute Gasteiger partial charge is 0.481 e. The number of carboxylic acids is 1. The van der Waals surface area contributed by atoms with Crippen molar-refractivity contribution < 1.29 is 14.7 Å². The molecule has 2 rings (SSSR count). The predicted molar refractivity (Wildman–Crippen MR) is 81.0 cm³/mol. The third-order valence-electron chi connectivity index (χ3n) is 5.15. The fourth-order valence-electron chi connectivity index (χ4n) is 3.64. The average molecular weight is 296 g/mol. The summed E-state index contributed by atoms with van der Waals surface area (Å²) in [7, 11) is 0. The van der Waals surface area contributed by atoms with Crippen LogP contribution in [-0.4, -0.2) is 47.6 Å². The van der Waals surface area contributed by atoms with E-state index in [1.165, 1.54) is 0 Å². The van der Waals surface area contributed by atoms with Crippen LogP contribution in [0.4, 0.5) is 0 Å². The Balaban J connectivity index is 1.76. The van der Waals surface area contributed by atoms with Gasteiger partial charge >= 0.3 is 5.97 Å². The number of carbonyl (C=O) groups excluding carboxylic acids is 1. The van der Waals surface area contributed by atoms with Crippen molar-refractivity contribution in [3.63, 3.8) is 0 Å². The summed E-state index contributed by atoms with van der Waals surface area (Å²) in [4.78, 5) is 26.0. The zero-order chi connectivity index (χ0) is 15.5. The van der Waals surface area contributed by atoms with E-state index in [4.69, 9.17) is 0 Å². The van der Waals surface area contributed by atoms with Crippen molar-refractivity contribution in [1.82, 2.24) is 10.2 Å². The molecule has 21 heavy (non-hydrogen) atoms. The molecule has 0 radical (unpaired) electrons. The summed E-state index contributed by atoms with van der Waals surface area (Å²) in [6.45, 7) is 7.19. The molecular formula is C16H28N2O3. The van der Waals surface area contributed by atoms with Crippen LogP contribution in [0.2, 0.25) is 0 Å². The number of likely N-dealkylation sites (tertiary alicyclic amines) is 1. The number of nitrogens with zero attached hydrogens (tertiary/aromatic N) is 1. The van der Waals surface area contributed by atoms with Gasteiger partial charge in [-0.05, 0) is 45.6 Å². The van der Waals surface area contributed by atoms with E-state index < -0.39 is 11.4 Å². The standard InChI is InChI=1S/C16H28N2O3/c1-12(2)18-8-5-13(11-18)10-17-14(19)9-16(15(20)21)6-3-4-7-16/h12-13H,3-11H2,1-2H3,(H,17,19)(H,20,21). The van der Waals surface area contributed by atoms with Crippen LogP contribution < -0.4 is 5.32 Å². The topological polar surface area (TPSA) is 69.6 Å². The van der Waals surface area contributed by atoms with Crippen molar-refractivity contribution in [3.8, 4) is 0 Å². The molecule has 0 spiro atoms. The van der Waals surface area contributed by atoms with Gasteiger partial charge < -0.3 is 15.3 Å². The van der Waals surface area contributed by atoms with Crippen LogP contribution in [0, 0.1) is 11.3 Å². The zero-order valence-corrected chi connectivity index (χ0v) is 13.2. The molecule has 1 aliphatic heterocycles. The van der Waals surface area contributed by atoms with Gasteiger partial charge in [-0.1, -0.05) is 12.8 Å². The molecule has 1 atom stereocenters. The Morgan fingerprint density at radius 1 is 1.33 bits per heavy atom. The molecule has 2 fully saturated rings. The summed E-state index contributed by atoms with van der Waals surface area (Å²) in [6, 6.07) is 0.555. The Kier molecular flexibility index (Phi) is 5.25. The van der Waals surface area contributed by atoms with E-state index in [0.717, 1.165) is 32.4 Å². The minimum Gasteiger partial charge on any atom is -0.481 e. The highest BCUT2D eigenvalue weighted by Gasteiger charge is 2.43. The van der Waals surface area contributed by atoms with Gasteiger partial charge in [-0.3, -0.25) is 9.59 Å². The van der Waals surface area contributed by atoms with Crippen LogP contribution in [0.15, 0.2) is 0 Å². The monoisotopic (exact) mass is 296 g/mol. The SMILES string of the molecule is CC(C)N1CCC(CNC(=O)CC2(C(=O)O)CCCC2)C1. The minimum atomic E-state index is -0.804. The van der Waals surface area contributed by atoms with Crippen molar-refractivity contribution in [3.05, 3.63) is 0 Å². The van der Waals surface area contributed by atoms with E-state index in [1.54, 1.807) is 0 Å². The molecule has 5 heteroatoms. The molecular weight excluding hydrogens is 268 g/mol. The van der Waals surface area contributed by atoms with Gasteiger partial charge in [-0.25, -0.2) is 0 Å². The second-order valence-corrected chi connectivity index (χ2v) is 7.02. The van der Waals surface area contributed by atoms with Crippen molar-refractivity contribution >= 4 is 11.9 Å². The second-order valence-electron chi connectivity index (χ2n) is 7.02. The molecule has 2 aliphatic rings. The molecule has 120 valence electrons. The molecule has 0 aromatic heterocycles. The van der Waals surface area contributed by atoms with Gasteiger partial charge in [0, 0.05) is 25.6 Å². The molecule has 1 saturated heterocycles. The van der Waals surface area contributed by atoms with E-state index in [0.29, 0.717) is 31.3 Å². The first-order valence-electron chi connectivity index (χ1n) is 8.17. The lowest BCUT2D eigenvalue weighted by Crippen LogP contribution is -2.38. The first-order chi connectivity index (χ1) is 9.93. The van der Waals surface area contributed by atoms with Crippen LogP contribution in [0.5, 0.6) is 0 Å². The summed E-state index contributed by atoms with van der Waals surface area (Å²) in [5.74, 6) is -0.398. The van der Waals surface area contributed by atoms with Crippen molar-refractivity contribution in [2.24, 2.45) is 11.3 Å². The third-order valence-corrected chi connectivity index (χ3v) is 5.15. The van der Waals surface area contributed by atoms with Crippen LogP contribution >= 0.6 is 0 Å². The molecule has 0 aromatic carbocycles. The molecule has 1 aliphatic carbocycles. The van der Waals surface area contributed by atoms with Gasteiger partial charge in [0.05, 0.1) is 5.41 Å². The maximum atomic E-state index is 12.1. The maximum Gasteiger partial charge on any atom is 0.310 e. The summed E-state index contributed by atoms with van der Waals surface area (Å²) in [6.07, 6.45) is 4.38. The van der Waals surface area contributed by atoms with E-state index in [-0.39, 0.29) is 12.3 Å². The molecule has 0 aromatic rings. The summed E-state index contributed by atoms with van der Waals surface area (Å²) in [5.41, 5.74) is -0.802. The number of rotatable bonds is 6. The second kappa shape index (κ2) is 6.77. The van der Waals surface area contributed by atoms with Crippen LogP contribution in [-0.2, 0) is 9.59 Å². The quantitative estimate of drug-likeness (QED) is 0.785. The molecule has 5 nitrogen and oxygen atoms in total. The van der Waals surface area contributed by atoms with E-state index in [1.807, 2.05) is 0 Å². The molecule has 1 heterocycles. The highest BCUT2D eigenvalue weighted by molar-refractivity contribution is 5.85. The first kappa shape index (κ1) is 16.3. The molecule has 0 bridgehead atoms. The number of nitrogens with one attached hydrogen (secondary N) is 1. The number of carbonyl (C=O) groups is 2. The van der Waals surface area contributed by atoms with Crippen molar-refractivity contribution in [2.75, 3.05) is 19.6 Å². The molecule has 1 unspecified atom stereocenters. The fraction of sp³-hybridized carbons (Fsp3) is 0.875. The van der Waals surface area contributed by atoms with E-state index in [9.17, 15) is 14.7 Å². The van der Waals surface area contributed by atoms with Gasteiger partial charge in [0.25, 0.3) is 0 Å². The van der Waals surface area contributed by atoms with Gasteiger partial charge in [0.15, 0.2) is 0 Å². The average Bonchev–Trinajstić information content (AvgIpc) is 3.05. The lowest BCUT2D eigenvalue weighted by Gasteiger charge is -2.23. The van der Waals surface area contributed by atoms with E-state index in [2.05, 4.69) is 24.1 Å². The van der Waals surface area contributed by atoms with E-state index >= 15 is 0 Å². The van der Waals surface area contributed by atoms with Crippen LogP contribution in [0.1, 0.15) is 52.4 Å². The van der Waals surface area contributed by atoms with Gasteiger partial charge in [0.1, 0.15) is 0 Å². The Bertz CT molecular complexity index is 389. The maximum absolute atomic E-state index is 12.1. The van der Waals surface area contributed by atoms with Crippen molar-refractivity contribution in [2.45, 2.75) is 58.4 Å². The zero-order valence-electron chi connectivity index (χ0n) is 13.2. The Morgan fingerprint density at radius 2 is 2.00 bits per heavy atom. The van der Waals surface area contributed by atoms with Crippen molar-refractivity contribution in [1.29, 1.82) is 0 Å². The summed E-state index contributed by atoms with van der Waals surface area (Å²) >= 11 is 0. The van der Waals surface area contributed by atoms with Crippen LogP contribution in [0.3, 0.4) is 0 Å². The third kappa shape index (κ3) is 3.96. The molecule has 1 amide bonds. The predicted octanol–water partition coefficient (Wildman–Crippen LogP) is 1.87. The summed E-state index contributed by atoms with van der Waals surface area (Å²) in [5, 5.41) is 12.4. The lowest BCUT2D eigenvalue weighted by atomic mass is 9.82. The number of carboxylic acid groups (broad SMARTS) is 1. The van der Waals surface area contributed by atoms with Gasteiger partial charge in [-0.15, -0.1) is 0 Å².